The van der Waals surface area contributed by atoms with Crippen molar-refractivity contribution in [3.63, 3.8) is 0 Å². The Balaban J connectivity index is 2.56. The van der Waals surface area contributed by atoms with Gasteiger partial charge in [0.1, 0.15) is 0 Å². The van der Waals surface area contributed by atoms with Crippen molar-refractivity contribution < 1.29 is 9.90 Å². The highest BCUT2D eigenvalue weighted by atomic mass is 32.2. The summed E-state index contributed by atoms with van der Waals surface area (Å²) in [4.78, 5) is 11.6. The van der Waals surface area contributed by atoms with E-state index in [0.29, 0.717) is 5.88 Å². The van der Waals surface area contributed by atoms with Gasteiger partial charge in [-0.3, -0.25) is 4.90 Å². The second kappa shape index (κ2) is 3.31. The molecule has 1 amide bonds. The zero-order chi connectivity index (χ0) is 7.40. The number of amides is 1. The van der Waals surface area contributed by atoms with Crippen LogP contribution >= 0.6 is 11.8 Å². The van der Waals surface area contributed by atoms with Crippen molar-refractivity contribution >= 4 is 17.9 Å². The fourth-order valence-corrected chi connectivity index (χ4v) is 1.18. The van der Waals surface area contributed by atoms with Crippen LogP contribution in [0.2, 0.25) is 0 Å². The lowest BCUT2D eigenvalue weighted by Gasteiger charge is -2.09. The van der Waals surface area contributed by atoms with E-state index in [4.69, 9.17) is 5.11 Å². The molecule has 0 saturated carbocycles. The van der Waals surface area contributed by atoms with Crippen LogP contribution in [-0.4, -0.2) is 22.0 Å². The van der Waals surface area contributed by atoms with E-state index in [1.54, 1.807) is 12.3 Å². The molecule has 54 valence electrons. The van der Waals surface area contributed by atoms with Gasteiger partial charge in [-0.2, -0.15) is 0 Å². The van der Waals surface area contributed by atoms with Crippen molar-refractivity contribution in [3.8, 4) is 0 Å². The number of carbonyl (C=O) groups is 1. The first-order valence-electron chi connectivity index (χ1n) is 2.75. The predicted octanol–water partition coefficient (Wildman–Crippen LogP) is 1.70. The molecule has 1 aliphatic heterocycles. The molecule has 1 rings (SSSR count). The highest BCUT2D eigenvalue weighted by molar-refractivity contribution is 8.02. The van der Waals surface area contributed by atoms with E-state index in [1.165, 1.54) is 16.7 Å². The zero-order valence-corrected chi connectivity index (χ0v) is 6.04. The summed E-state index contributed by atoms with van der Waals surface area (Å²) in [5, 5.41) is 10.4. The molecule has 1 N–H and O–H groups in total. The number of rotatable bonds is 0. The van der Waals surface area contributed by atoms with E-state index < -0.39 is 6.09 Å². The van der Waals surface area contributed by atoms with Gasteiger partial charge in [0, 0.05) is 6.20 Å². The molecular formula is C6H7NO2S. The third kappa shape index (κ3) is 1.80. The van der Waals surface area contributed by atoms with Gasteiger partial charge in [-0.15, -0.1) is 11.8 Å². The summed E-state index contributed by atoms with van der Waals surface area (Å²) in [5.74, 6) is 0.475. The number of carboxylic acid groups (broad SMARTS) is 1. The maximum absolute atomic E-state index is 10.3. The Bertz CT molecular complexity index is 188. The number of nitrogens with zero attached hydrogens (tertiary/aromatic N) is 1. The number of thioether (sulfide) groups is 1. The highest BCUT2D eigenvalue weighted by Crippen LogP contribution is 2.09. The van der Waals surface area contributed by atoms with Crippen molar-refractivity contribution in [2.24, 2.45) is 0 Å². The van der Waals surface area contributed by atoms with Crippen molar-refractivity contribution in [2.75, 3.05) is 5.88 Å². The normalized spacial score (nSPS) is 17.0. The Labute approximate surface area is 63.0 Å². The minimum atomic E-state index is -0.910. The summed E-state index contributed by atoms with van der Waals surface area (Å²) in [6.07, 6.45) is 4.15. The maximum Gasteiger partial charge on any atom is 0.412 e. The fourth-order valence-electron chi connectivity index (χ4n) is 0.540. The van der Waals surface area contributed by atoms with Crippen LogP contribution in [0.1, 0.15) is 0 Å². The van der Waals surface area contributed by atoms with Crippen LogP contribution < -0.4 is 0 Å². The van der Waals surface area contributed by atoms with Crippen molar-refractivity contribution in [2.45, 2.75) is 0 Å². The zero-order valence-electron chi connectivity index (χ0n) is 5.23. The van der Waals surface area contributed by atoms with Crippen LogP contribution in [0.5, 0.6) is 0 Å². The topological polar surface area (TPSA) is 40.5 Å². The van der Waals surface area contributed by atoms with Crippen molar-refractivity contribution in [1.82, 2.24) is 4.90 Å². The molecule has 0 aromatic rings. The first kappa shape index (κ1) is 7.21. The number of hydrogen-bond acceptors (Lipinski definition) is 2. The van der Waals surface area contributed by atoms with E-state index >= 15 is 0 Å². The summed E-state index contributed by atoms with van der Waals surface area (Å²) < 4.78 is 0. The Morgan fingerprint density at radius 1 is 1.60 bits per heavy atom. The largest absolute Gasteiger partial charge is 0.465 e. The molecule has 0 unspecified atom stereocenters. The lowest BCUT2D eigenvalue weighted by molar-refractivity contribution is 0.169. The Hall–Kier alpha value is -0.900. The minimum Gasteiger partial charge on any atom is -0.465 e. The van der Waals surface area contributed by atoms with Crippen molar-refractivity contribution in [1.29, 1.82) is 0 Å². The molecular weight excluding hydrogens is 150 g/mol. The summed E-state index contributed by atoms with van der Waals surface area (Å²) in [6, 6.07) is 0. The maximum atomic E-state index is 10.3. The summed E-state index contributed by atoms with van der Waals surface area (Å²) in [7, 11) is 0. The number of allylic oxidation sites excluding steroid dienone is 2. The van der Waals surface area contributed by atoms with Gasteiger partial charge in [-0.25, -0.2) is 4.79 Å². The third-order valence-electron chi connectivity index (χ3n) is 1.01. The fraction of sp³-hybridized carbons (Fsp3) is 0.167. The molecule has 0 bridgehead atoms. The molecule has 0 aromatic carbocycles. The monoisotopic (exact) mass is 157 g/mol. The van der Waals surface area contributed by atoms with Crippen LogP contribution in [0.4, 0.5) is 4.79 Å². The van der Waals surface area contributed by atoms with E-state index in [0.717, 1.165) is 0 Å². The first-order valence-corrected chi connectivity index (χ1v) is 3.80. The lowest BCUT2D eigenvalue weighted by atomic mass is 10.6. The molecule has 0 radical (unpaired) electrons. The summed E-state index contributed by atoms with van der Waals surface area (Å²) in [6.45, 7) is 0. The van der Waals surface area contributed by atoms with Gasteiger partial charge in [0.2, 0.25) is 0 Å². The Kier molecular flexibility index (Phi) is 2.39. The van der Waals surface area contributed by atoms with E-state index in [2.05, 4.69) is 0 Å². The second-order valence-corrected chi connectivity index (χ2v) is 2.58. The van der Waals surface area contributed by atoms with Crippen LogP contribution in [0.3, 0.4) is 0 Å². The van der Waals surface area contributed by atoms with E-state index in [9.17, 15) is 4.79 Å². The average molecular weight is 157 g/mol. The molecule has 0 atom stereocenters. The Morgan fingerprint density at radius 3 is 3.10 bits per heavy atom. The Morgan fingerprint density at radius 2 is 2.40 bits per heavy atom. The standard InChI is InChI=1S/C6H7NO2S/c8-6(9)7-3-1-2-4-10-5-7/h1-4H,5H2,(H,8,9). The van der Waals surface area contributed by atoms with Gasteiger partial charge in [0.05, 0.1) is 5.88 Å². The molecule has 0 spiro atoms. The minimum absolute atomic E-state index is 0.475. The van der Waals surface area contributed by atoms with Crippen LogP contribution in [0, 0.1) is 0 Å². The molecule has 4 heteroatoms. The molecule has 0 saturated heterocycles. The molecule has 0 aromatic heterocycles. The van der Waals surface area contributed by atoms with Gasteiger partial charge >= 0.3 is 6.09 Å². The summed E-state index contributed by atoms with van der Waals surface area (Å²) >= 11 is 1.45. The lowest BCUT2D eigenvalue weighted by Crippen LogP contribution is -2.22. The summed E-state index contributed by atoms with van der Waals surface area (Å²) in [5.41, 5.74) is 0. The highest BCUT2D eigenvalue weighted by Gasteiger charge is 2.06. The second-order valence-electron chi connectivity index (χ2n) is 1.72. The van der Waals surface area contributed by atoms with Gasteiger partial charge in [0.15, 0.2) is 0 Å². The average Bonchev–Trinajstić information content (AvgIpc) is 2.12. The van der Waals surface area contributed by atoms with Crippen LogP contribution in [0.25, 0.3) is 0 Å². The molecule has 1 aliphatic rings. The molecule has 0 aliphatic carbocycles. The quantitative estimate of drug-likeness (QED) is 0.581. The van der Waals surface area contributed by atoms with Gasteiger partial charge in [0.25, 0.3) is 0 Å². The van der Waals surface area contributed by atoms with Crippen LogP contribution in [0.15, 0.2) is 23.8 Å². The predicted molar refractivity (Wildman–Crippen MR) is 40.6 cm³/mol. The van der Waals surface area contributed by atoms with Gasteiger partial charge in [-0.05, 0) is 11.5 Å². The van der Waals surface area contributed by atoms with Crippen molar-refractivity contribution in [3.05, 3.63) is 23.8 Å². The molecule has 0 fully saturated rings. The molecule has 1 heterocycles. The molecule has 3 nitrogen and oxygen atoms in total. The van der Waals surface area contributed by atoms with Gasteiger partial charge < -0.3 is 5.11 Å². The van der Waals surface area contributed by atoms with E-state index in [-0.39, 0.29) is 0 Å². The SMILES string of the molecule is O=C(O)N1C=CC=CSC1. The third-order valence-corrected chi connectivity index (χ3v) is 1.79. The van der Waals surface area contributed by atoms with E-state index in [1.807, 2.05) is 11.5 Å². The number of hydrogen-bond donors (Lipinski definition) is 1. The smallest absolute Gasteiger partial charge is 0.412 e. The van der Waals surface area contributed by atoms with Gasteiger partial charge in [-0.1, -0.05) is 6.08 Å². The first-order chi connectivity index (χ1) is 4.80. The van der Waals surface area contributed by atoms with Crippen LogP contribution in [-0.2, 0) is 0 Å². The molecule has 10 heavy (non-hydrogen) atoms.